The molecule has 0 spiro atoms. The number of rotatable bonds is 4. The number of thiocarbonyl (C=S) groups is 1. The minimum Gasteiger partial charge on any atom is -0.358 e. The molecule has 4 nitrogen and oxygen atoms in total. The zero-order valence-corrected chi connectivity index (χ0v) is 19.6. The summed E-state index contributed by atoms with van der Waals surface area (Å²) in [5, 5.41) is 7.60. The highest BCUT2D eigenvalue weighted by molar-refractivity contribution is 7.80. The van der Waals surface area contributed by atoms with E-state index in [9.17, 15) is 44.3 Å². The average molecular weight is 557 g/mol. The van der Waals surface area contributed by atoms with Gasteiger partial charge in [0, 0.05) is 23.3 Å². The molecule has 2 atom stereocenters. The van der Waals surface area contributed by atoms with Crippen LogP contribution in [0.15, 0.2) is 42.5 Å². The fraction of sp³-hybridized carbons (Fsp3) is 0.391. The molecule has 14 heteroatoms. The third-order valence-electron chi connectivity index (χ3n) is 5.72. The Labute approximate surface area is 210 Å². The first-order valence-corrected chi connectivity index (χ1v) is 11.3. The monoisotopic (exact) mass is 557 g/mol. The Hall–Kier alpha value is -3.03. The van der Waals surface area contributed by atoms with Crippen molar-refractivity contribution in [3.8, 4) is 0 Å². The molecular formula is C23H20F9N3OS. The summed E-state index contributed by atoms with van der Waals surface area (Å²) in [5.74, 6) is -0.640. The van der Waals surface area contributed by atoms with Crippen LogP contribution >= 0.6 is 12.2 Å². The minimum absolute atomic E-state index is 0.00436. The van der Waals surface area contributed by atoms with Gasteiger partial charge in [-0.1, -0.05) is 12.8 Å². The molecule has 2 aromatic rings. The highest BCUT2D eigenvalue weighted by atomic mass is 32.1. The third kappa shape index (κ3) is 7.73. The maximum atomic E-state index is 13.1. The molecule has 3 rings (SSSR count). The maximum Gasteiger partial charge on any atom is 0.416 e. The van der Waals surface area contributed by atoms with Crippen molar-refractivity contribution in [3.05, 3.63) is 64.7 Å². The van der Waals surface area contributed by atoms with Crippen molar-refractivity contribution in [3.63, 3.8) is 0 Å². The topological polar surface area (TPSA) is 53.2 Å². The second kappa shape index (κ2) is 10.8. The molecule has 1 aliphatic carbocycles. The van der Waals surface area contributed by atoms with Crippen molar-refractivity contribution in [2.24, 2.45) is 0 Å². The van der Waals surface area contributed by atoms with E-state index in [1.165, 1.54) is 0 Å². The van der Waals surface area contributed by atoms with Crippen LogP contribution in [0.5, 0.6) is 0 Å². The molecule has 0 heterocycles. The Kier molecular flexibility index (Phi) is 8.30. The Balaban J connectivity index is 1.70. The second-order valence-electron chi connectivity index (χ2n) is 8.44. The van der Waals surface area contributed by atoms with Crippen molar-refractivity contribution in [2.45, 2.75) is 56.3 Å². The van der Waals surface area contributed by atoms with Crippen LogP contribution in [0.2, 0.25) is 0 Å². The summed E-state index contributed by atoms with van der Waals surface area (Å²) in [4.78, 5) is 12.6. The van der Waals surface area contributed by atoms with Gasteiger partial charge in [0.05, 0.1) is 16.7 Å². The summed E-state index contributed by atoms with van der Waals surface area (Å²) < 4.78 is 117. The Morgan fingerprint density at radius 2 is 1.16 bits per heavy atom. The predicted molar refractivity (Wildman–Crippen MR) is 121 cm³/mol. The summed E-state index contributed by atoms with van der Waals surface area (Å²) in [5.41, 5.74) is -4.47. The number of carbonyl (C=O) groups excluding carboxylic acids is 1. The number of alkyl halides is 9. The number of nitrogens with one attached hydrogen (secondary N) is 3. The smallest absolute Gasteiger partial charge is 0.358 e. The first-order valence-electron chi connectivity index (χ1n) is 10.9. The molecule has 202 valence electrons. The van der Waals surface area contributed by atoms with E-state index < -0.39 is 58.9 Å². The Bertz CT molecular complexity index is 1100. The van der Waals surface area contributed by atoms with E-state index in [0.717, 1.165) is 24.3 Å². The van der Waals surface area contributed by atoms with Gasteiger partial charge in [-0.15, -0.1) is 0 Å². The lowest BCUT2D eigenvalue weighted by Gasteiger charge is -2.33. The van der Waals surface area contributed by atoms with Gasteiger partial charge in [-0.25, -0.2) is 0 Å². The number of carbonyl (C=O) groups is 1. The van der Waals surface area contributed by atoms with Gasteiger partial charge in [0.1, 0.15) is 0 Å². The summed E-state index contributed by atoms with van der Waals surface area (Å²) in [6, 6.07) is 3.51. The van der Waals surface area contributed by atoms with Crippen LogP contribution in [0.25, 0.3) is 0 Å². The molecular weight excluding hydrogens is 537 g/mol. The number of amides is 1. The largest absolute Gasteiger partial charge is 0.416 e. The number of hydrogen-bond acceptors (Lipinski definition) is 2. The summed E-state index contributed by atoms with van der Waals surface area (Å²) in [6.07, 6.45) is -12.3. The van der Waals surface area contributed by atoms with Gasteiger partial charge in [-0.2, -0.15) is 39.5 Å². The van der Waals surface area contributed by atoms with Crippen LogP contribution in [-0.4, -0.2) is 23.1 Å². The van der Waals surface area contributed by atoms with E-state index in [0.29, 0.717) is 37.8 Å². The molecule has 3 N–H and O–H groups in total. The van der Waals surface area contributed by atoms with Crippen LogP contribution < -0.4 is 16.0 Å². The highest BCUT2D eigenvalue weighted by Crippen LogP contribution is 2.37. The van der Waals surface area contributed by atoms with Gasteiger partial charge in [0.2, 0.25) is 0 Å². The van der Waals surface area contributed by atoms with Gasteiger partial charge in [-0.3, -0.25) is 4.79 Å². The normalized spacial score (nSPS) is 18.7. The van der Waals surface area contributed by atoms with Gasteiger partial charge >= 0.3 is 18.5 Å². The molecule has 0 aromatic heterocycles. The van der Waals surface area contributed by atoms with Gasteiger partial charge in [0.25, 0.3) is 5.91 Å². The van der Waals surface area contributed by atoms with E-state index >= 15 is 0 Å². The van der Waals surface area contributed by atoms with Crippen molar-refractivity contribution in [1.82, 2.24) is 10.6 Å². The lowest BCUT2D eigenvalue weighted by atomic mass is 9.90. The number of halogens is 9. The summed E-state index contributed by atoms with van der Waals surface area (Å²) in [7, 11) is 0. The highest BCUT2D eigenvalue weighted by Gasteiger charge is 2.37. The lowest BCUT2D eigenvalue weighted by Crippen LogP contribution is -2.54. The predicted octanol–water partition coefficient (Wildman–Crippen LogP) is 6.77. The van der Waals surface area contributed by atoms with Crippen LogP contribution in [0.4, 0.5) is 45.2 Å². The molecule has 37 heavy (non-hydrogen) atoms. The summed E-state index contributed by atoms with van der Waals surface area (Å²) in [6.45, 7) is 0. The SMILES string of the molecule is O=C(N[C@@H]1CCCC[C@H]1NC(=S)Nc1cc(C(F)(F)F)cc(C(F)(F)F)c1)c1ccc(C(F)(F)F)cc1. The van der Waals surface area contributed by atoms with Crippen LogP contribution in [-0.2, 0) is 18.5 Å². The molecule has 0 unspecified atom stereocenters. The molecule has 1 aliphatic rings. The molecule has 2 aromatic carbocycles. The van der Waals surface area contributed by atoms with Crippen molar-refractivity contribution < 1.29 is 44.3 Å². The molecule has 0 saturated heterocycles. The van der Waals surface area contributed by atoms with Crippen molar-refractivity contribution in [1.29, 1.82) is 0 Å². The third-order valence-corrected chi connectivity index (χ3v) is 5.94. The van der Waals surface area contributed by atoms with Crippen LogP contribution in [0.1, 0.15) is 52.7 Å². The van der Waals surface area contributed by atoms with Crippen LogP contribution in [0.3, 0.4) is 0 Å². The van der Waals surface area contributed by atoms with Gasteiger partial charge in [-0.05, 0) is 67.5 Å². The van der Waals surface area contributed by atoms with E-state index in [1.807, 2.05) is 0 Å². The Morgan fingerprint density at radius 1 is 0.703 bits per heavy atom. The first kappa shape index (κ1) is 28.5. The fourth-order valence-electron chi connectivity index (χ4n) is 3.90. The maximum absolute atomic E-state index is 13.1. The molecule has 1 fully saturated rings. The average Bonchev–Trinajstić information content (AvgIpc) is 2.78. The van der Waals surface area contributed by atoms with E-state index in [4.69, 9.17) is 12.2 Å². The molecule has 1 amide bonds. The standard InChI is InChI=1S/C23H20F9N3OS/c24-21(25,26)13-7-5-12(6-8-13)19(36)34-17-3-1-2-4-18(17)35-20(37)33-16-10-14(22(27,28)29)9-15(11-16)23(30,31)32/h5-11,17-18H,1-4H2,(H,34,36)(H2,33,35,37)/t17-,18-/m1/s1. The van der Waals surface area contributed by atoms with Crippen molar-refractivity contribution in [2.75, 3.05) is 5.32 Å². The molecule has 0 radical (unpaired) electrons. The summed E-state index contributed by atoms with van der Waals surface area (Å²) >= 11 is 5.10. The zero-order valence-electron chi connectivity index (χ0n) is 18.7. The number of anilines is 1. The van der Waals surface area contributed by atoms with Gasteiger partial charge < -0.3 is 16.0 Å². The quantitative estimate of drug-likeness (QED) is 0.287. The van der Waals surface area contributed by atoms with Crippen molar-refractivity contribution >= 4 is 28.9 Å². The molecule has 1 saturated carbocycles. The van der Waals surface area contributed by atoms with Gasteiger partial charge in [0.15, 0.2) is 5.11 Å². The second-order valence-corrected chi connectivity index (χ2v) is 8.85. The zero-order chi connectivity index (χ0) is 27.6. The number of benzene rings is 2. The Morgan fingerprint density at radius 3 is 1.62 bits per heavy atom. The molecule has 0 bridgehead atoms. The van der Waals surface area contributed by atoms with E-state index in [1.54, 1.807) is 0 Å². The molecule has 0 aliphatic heterocycles. The van der Waals surface area contributed by atoms with Crippen LogP contribution in [0, 0.1) is 0 Å². The van der Waals surface area contributed by atoms with E-state index in [-0.39, 0.29) is 16.7 Å². The van der Waals surface area contributed by atoms with E-state index in [2.05, 4.69) is 16.0 Å². The fourth-order valence-corrected chi connectivity index (χ4v) is 4.17. The lowest BCUT2D eigenvalue weighted by molar-refractivity contribution is -0.143. The first-order chi connectivity index (χ1) is 17.0. The minimum atomic E-state index is -5.02. The number of hydrogen-bond donors (Lipinski definition) is 3.